The lowest BCUT2D eigenvalue weighted by Crippen LogP contribution is -2.48. The highest BCUT2D eigenvalue weighted by Gasteiger charge is 2.23. The van der Waals surface area contributed by atoms with Crippen LogP contribution in [-0.4, -0.2) is 40.3 Å². The molecule has 8 nitrogen and oxygen atoms in total. The monoisotopic (exact) mass is 426 g/mol. The van der Waals surface area contributed by atoms with Crippen LogP contribution in [0.4, 0.5) is 4.79 Å². The highest BCUT2D eigenvalue weighted by atomic mass is 16.5. The molecule has 3 rings (SSSR count). The van der Waals surface area contributed by atoms with E-state index in [1.807, 2.05) is 44.2 Å². The standard InChI is InChI=1S/C23H30N4O4/c1-15-9-7-8-12-20(15)24-23(30)25-21(28)14-31-22(29)13-19-16(2)26-27(17(19)3)18-10-5-4-6-11-18/h4-6,10-11,15,20H,7-9,12-14H2,1-3H3,(H2,24,25,28,30)/t15-,20-/m1/s1. The number of aryl methyl sites for hydroxylation is 1. The molecule has 2 N–H and O–H groups in total. The highest BCUT2D eigenvalue weighted by Crippen LogP contribution is 2.23. The molecule has 2 atom stereocenters. The number of para-hydroxylation sites is 1. The molecule has 8 heteroatoms. The summed E-state index contributed by atoms with van der Waals surface area (Å²) in [5, 5.41) is 9.58. The van der Waals surface area contributed by atoms with Crippen molar-refractivity contribution in [1.29, 1.82) is 0 Å². The van der Waals surface area contributed by atoms with Crippen LogP contribution >= 0.6 is 0 Å². The minimum atomic E-state index is -0.650. The molecule has 166 valence electrons. The number of urea groups is 1. The molecule has 1 aromatic heterocycles. The van der Waals surface area contributed by atoms with Crippen LogP contribution in [0.3, 0.4) is 0 Å². The molecular weight excluding hydrogens is 396 g/mol. The van der Waals surface area contributed by atoms with Crippen LogP contribution in [0, 0.1) is 19.8 Å². The number of carbonyl (C=O) groups excluding carboxylic acids is 3. The maximum absolute atomic E-state index is 12.3. The number of carbonyl (C=O) groups is 3. The van der Waals surface area contributed by atoms with Crippen LogP contribution in [0.25, 0.3) is 5.69 Å². The van der Waals surface area contributed by atoms with Gasteiger partial charge in [-0.25, -0.2) is 9.48 Å². The van der Waals surface area contributed by atoms with Crippen molar-refractivity contribution in [3.8, 4) is 5.69 Å². The Morgan fingerprint density at radius 3 is 2.55 bits per heavy atom. The van der Waals surface area contributed by atoms with E-state index in [0.29, 0.717) is 5.92 Å². The summed E-state index contributed by atoms with van der Waals surface area (Å²) in [4.78, 5) is 36.3. The van der Waals surface area contributed by atoms with Crippen molar-refractivity contribution < 1.29 is 19.1 Å². The van der Waals surface area contributed by atoms with Crippen molar-refractivity contribution in [3.63, 3.8) is 0 Å². The molecule has 31 heavy (non-hydrogen) atoms. The van der Waals surface area contributed by atoms with Crippen molar-refractivity contribution in [2.45, 2.75) is 58.9 Å². The summed E-state index contributed by atoms with van der Waals surface area (Å²) < 4.78 is 6.86. The quantitative estimate of drug-likeness (QED) is 0.692. The van der Waals surface area contributed by atoms with E-state index in [2.05, 4.69) is 22.7 Å². The number of ether oxygens (including phenoxy) is 1. The molecule has 2 aromatic rings. The van der Waals surface area contributed by atoms with E-state index in [0.717, 1.165) is 41.9 Å². The lowest BCUT2D eigenvalue weighted by molar-refractivity contribution is -0.147. The SMILES string of the molecule is Cc1nn(-c2ccccc2)c(C)c1CC(=O)OCC(=O)NC(=O)N[C@@H]1CCCC[C@H]1C. The van der Waals surface area contributed by atoms with Crippen LogP contribution < -0.4 is 10.6 Å². The predicted molar refractivity (Wildman–Crippen MR) is 116 cm³/mol. The normalized spacial score (nSPS) is 18.3. The Morgan fingerprint density at radius 2 is 1.84 bits per heavy atom. The van der Waals surface area contributed by atoms with Gasteiger partial charge in [0, 0.05) is 17.3 Å². The Kier molecular flexibility index (Phi) is 7.44. The van der Waals surface area contributed by atoms with E-state index >= 15 is 0 Å². The molecule has 0 spiro atoms. The molecule has 0 radical (unpaired) electrons. The van der Waals surface area contributed by atoms with E-state index in [4.69, 9.17) is 4.74 Å². The second-order valence-electron chi connectivity index (χ2n) is 8.12. The van der Waals surface area contributed by atoms with Gasteiger partial charge in [0.15, 0.2) is 6.61 Å². The van der Waals surface area contributed by atoms with Crippen molar-refractivity contribution in [1.82, 2.24) is 20.4 Å². The van der Waals surface area contributed by atoms with Gasteiger partial charge in [-0.2, -0.15) is 5.10 Å². The zero-order chi connectivity index (χ0) is 22.4. The van der Waals surface area contributed by atoms with Crippen molar-refractivity contribution in [2.24, 2.45) is 5.92 Å². The summed E-state index contributed by atoms with van der Waals surface area (Å²) in [7, 11) is 0. The fourth-order valence-corrected chi connectivity index (χ4v) is 3.99. The lowest BCUT2D eigenvalue weighted by atomic mass is 9.86. The summed E-state index contributed by atoms with van der Waals surface area (Å²) in [5.41, 5.74) is 3.23. The third-order valence-electron chi connectivity index (χ3n) is 5.81. The number of hydrogen-bond acceptors (Lipinski definition) is 5. The van der Waals surface area contributed by atoms with Crippen LogP contribution in [0.5, 0.6) is 0 Å². The van der Waals surface area contributed by atoms with Crippen LogP contribution in [-0.2, 0) is 20.7 Å². The molecule has 1 aromatic carbocycles. The van der Waals surface area contributed by atoms with Crippen molar-refractivity contribution in [3.05, 3.63) is 47.3 Å². The average molecular weight is 427 g/mol. The fraction of sp³-hybridized carbons (Fsp3) is 0.478. The molecule has 1 aliphatic carbocycles. The van der Waals surface area contributed by atoms with E-state index in [9.17, 15) is 14.4 Å². The summed E-state index contributed by atoms with van der Waals surface area (Å²) in [6.45, 7) is 5.31. The number of amides is 3. The number of aromatic nitrogens is 2. The Morgan fingerprint density at radius 1 is 1.13 bits per heavy atom. The van der Waals surface area contributed by atoms with E-state index in [1.54, 1.807) is 4.68 Å². The van der Waals surface area contributed by atoms with Gasteiger partial charge in [-0.3, -0.25) is 14.9 Å². The van der Waals surface area contributed by atoms with Gasteiger partial charge in [-0.1, -0.05) is 38.0 Å². The van der Waals surface area contributed by atoms with Gasteiger partial charge in [0.25, 0.3) is 5.91 Å². The third kappa shape index (κ3) is 5.93. The first-order valence-corrected chi connectivity index (χ1v) is 10.7. The average Bonchev–Trinajstić information content (AvgIpc) is 3.03. The van der Waals surface area contributed by atoms with Crippen molar-refractivity contribution in [2.75, 3.05) is 6.61 Å². The van der Waals surface area contributed by atoms with Gasteiger partial charge < -0.3 is 10.1 Å². The minimum Gasteiger partial charge on any atom is -0.455 e. The van der Waals surface area contributed by atoms with Crippen LogP contribution in [0.1, 0.15) is 49.6 Å². The second-order valence-corrected chi connectivity index (χ2v) is 8.12. The second kappa shape index (κ2) is 10.2. The van der Waals surface area contributed by atoms with Gasteiger partial charge >= 0.3 is 12.0 Å². The van der Waals surface area contributed by atoms with Gasteiger partial charge in [0.05, 0.1) is 17.8 Å². The number of nitrogens with zero attached hydrogens (tertiary/aromatic N) is 2. The fourth-order valence-electron chi connectivity index (χ4n) is 3.99. The molecule has 0 bridgehead atoms. The maximum Gasteiger partial charge on any atom is 0.321 e. The summed E-state index contributed by atoms with van der Waals surface area (Å²) in [6.07, 6.45) is 4.21. The molecule has 1 aliphatic rings. The van der Waals surface area contributed by atoms with Gasteiger partial charge in [-0.15, -0.1) is 0 Å². The maximum atomic E-state index is 12.3. The zero-order valence-corrected chi connectivity index (χ0v) is 18.3. The highest BCUT2D eigenvalue weighted by molar-refractivity contribution is 5.95. The Balaban J connectivity index is 1.48. The number of benzene rings is 1. The van der Waals surface area contributed by atoms with Gasteiger partial charge in [0.1, 0.15) is 0 Å². The van der Waals surface area contributed by atoms with Crippen LogP contribution in [0.15, 0.2) is 30.3 Å². The number of hydrogen-bond donors (Lipinski definition) is 2. The smallest absolute Gasteiger partial charge is 0.321 e. The Bertz CT molecular complexity index is 939. The van der Waals surface area contributed by atoms with Crippen LogP contribution in [0.2, 0.25) is 0 Å². The number of esters is 1. The molecule has 1 fully saturated rings. The first-order valence-electron chi connectivity index (χ1n) is 10.7. The largest absolute Gasteiger partial charge is 0.455 e. The molecular formula is C23H30N4O4. The summed E-state index contributed by atoms with van der Waals surface area (Å²) >= 11 is 0. The first kappa shape index (κ1) is 22.5. The lowest BCUT2D eigenvalue weighted by Gasteiger charge is -2.29. The molecule has 1 saturated carbocycles. The summed E-state index contributed by atoms with van der Waals surface area (Å²) in [5.74, 6) is -0.811. The molecule has 0 saturated heterocycles. The molecule has 1 heterocycles. The van der Waals surface area contributed by atoms with E-state index in [1.165, 1.54) is 6.42 Å². The third-order valence-corrected chi connectivity index (χ3v) is 5.81. The molecule has 0 aliphatic heterocycles. The predicted octanol–water partition coefficient (Wildman–Crippen LogP) is 2.98. The Labute approximate surface area is 182 Å². The number of rotatable bonds is 6. The van der Waals surface area contributed by atoms with E-state index in [-0.39, 0.29) is 12.5 Å². The van der Waals surface area contributed by atoms with Gasteiger partial charge in [-0.05, 0) is 44.7 Å². The Hall–Kier alpha value is -3.16. The molecule has 3 amide bonds. The van der Waals surface area contributed by atoms with E-state index < -0.39 is 24.5 Å². The van der Waals surface area contributed by atoms with Crippen molar-refractivity contribution >= 4 is 17.9 Å². The minimum absolute atomic E-state index is 0.00354. The summed E-state index contributed by atoms with van der Waals surface area (Å²) in [6, 6.07) is 9.16. The molecule has 0 unspecified atom stereocenters. The number of imide groups is 1. The zero-order valence-electron chi connectivity index (χ0n) is 18.3. The topological polar surface area (TPSA) is 102 Å². The number of nitrogens with one attached hydrogen (secondary N) is 2. The van der Waals surface area contributed by atoms with Gasteiger partial charge in [0.2, 0.25) is 0 Å². The first-order chi connectivity index (χ1) is 14.8.